The standard InChI is InChI=1S/C21H23N3O3/c1-14-10-11-17(13-18(14)24-12-6-9-19(24)25)23-21(27)20(26)22-15(2)16-7-4-3-5-8-16/h3-5,7-8,10-11,13,15H,6,9,12H2,1-2H3,(H,22,26)(H,23,27). The van der Waals surface area contributed by atoms with Gasteiger partial charge in [-0.15, -0.1) is 0 Å². The van der Waals surface area contributed by atoms with Crippen LogP contribution in [0.3, 0.4) is 0 Å². The number of benzene rings is 2. The second-order valence-corrected chi connectivity index (χ2v) is 6.71. The fraction of sp³-hybridized carbons (Fsp3) is 0.286. The van der Waals surface area contributed by atoms with Crippen molar-refractivity contribution in [3.05, 3.63) is 59.7 Å². The third kappa shape index (κ3) is 4.34. The highest BCUT2D eigenvalue weighted by Gasteiger charge is 2.24. The van der Waals surface area contributed by atoms with E-state index in [9.17, 15) is 14.4 Å². The van der Waals surface area contributed by atoms with Crippen LogP contribution in [0.2, 0.25) is 0 Å². The van der Waals surface area contributed by atoms with Crippen LogP contribution in [0.25, 0.3) is 0 Å². The van der Waals surface area contributed by atoms with Crippen molar-refractivity contribution >= 4 is 29.1 Å². The molecule has 2 aromatic rings. The number of anilines is 2. The van der Waals surface area contributed by atoms with Crippen LogP contribution in [0.5, 0.6) is 0 Å². The fourth-order valence-corrected chi connectivity index (χ4v) is 3.16. The molecular formula is C21H23N3O3. The Morgan fingerprint density at radius 2 is 1.81 bits per heavy atom. The smallest absolute Gasteiger partial charge is 0.313 e. The summed E-state index contributed by atoms with van der Waals surface area (Å²) >= 11 is 0. The van der Waals surface area contributed by atoms with Crippen LogP contribution in [0.4, 0.5) is 11.4 Å². The van der Waals surface area contributed by atoms with E-state index in [1.54, 1.807) is 17.0 Å². The number of nitrogens with one attached hydrogen (secondary N) is 2. The monoisotopic (exact) mass is 365 g/mol. The average Bonchev–Trinajstić information content (AvgIpc) is 3.09. The highest BCUT2D eigenvalue weighted by atomic mass is 16.2. The third-order valence-electron chi connectivity index (χ3n) is 4.68. The lowest BCUT2D eigenvalue weighted by molar-refractivity contribution is -0.136. The first kappa shape index (κ1) is 18.6. The number of hydrogen-bond acceptors (Lipinski definition) is 3. The molecule has 1 fully saturated rings. The van der Waals surface area contributed by atoms with E-state index < -0.39 is 11.8 Å². The molecule has 0 aromatic heterocycles. The quantitative estimate of drug-likeness (QED) is 0.818. The predicted octanol–water partition coefficient (Wildman–Crippen LogP) is 2.94. The Balaban J connectivity index is 1.67. The zero-order valence-corrected chi connectivity index (χ0v) is 15.5. The maximum Gasteiger partial charge on any atom is 0.313 e. The van der Waals surface area contributed by atoms with Crippen LogP contribution in [-0.4, -0.2) is 24.3 Å². The van der Waals surface area contributed by atoms with Gasteiger partial charge in [0, 0.05) is 24.3 Å². The molecule has 2 aromatic carbocycles. The van der Waals surface area contributed by atoms with E-state index in [-0.39, 0.29) is 11.9 Å². The summed E-state index contributed by atoms with van der Waals surface area (Å²) in [6, 6.07) is 14.5. The zero-order valence-electron chi connectivity index (χ0n) is 15.5. The maximum absolute atomic E-state index is 12.3. The first-order valence-corrected chi connectivity index (χ1v) is 9.03. The molecule has 0 bridgehead atoms. The molecule has 1 unspecified atom stereocenters. The largest absolute Gasteiger partial charge is 0.341 e. The van der Waals surface area contributed by atoms with E-state index in [1.807, 2.05) is 50.2 Å². The van der Waals surface area contributed by atoms with Gasteiger partial charge in [0.25, 0.3) is 0 Å². The Morgan fingerprint density at radius 3 is 2.48 bits per heavy atom. The summed E-state index contributed by atoms with van der Waals surface area (Å²) in [6.07, 6.45) is 1.37. The lowest BCUT2D eigenvalue weighted by atomic mass is 10.1. The molecule has 6 heteroatoms. The van der Waals surface area contributed by atoms with Gasteiger partial charge in [0.2, 0.25) is 5.91 Å². The van der Waals surface area contributed by atoms with E-state index in [2.05, 4.69) is 10.6 Å². The summed E-state index contributed by atoms with van der Waals surface area (Å²) < 4.78 is 0. The Kier molecular flexibility index (Phi) is 5.54. The minimum atomic E-state index is -0.736. The van der Waals surface area contributed by atoms with Gasteiger partial charge in [-0.05, 0) is 43.5 Å². The lowest BCUT2D eigenvalue weighted by Gasteiger charge is -2.19. The van der Waals surface area contributed by atoms with E-state index in [4.69, 9.17) is 0 Å². The van der Waals surface area contributed by atoms with Crippen molar-refractivity contribution in [2.45, 2.75) is 32.7 Å². The van der Waals surface area contributed by atoms with Gasteiger partial charge in [0.1, 0.15) is 0 Å². The second-order valence-electron chi connectivity index (χ2n) is 6.71. The molecule has 1 aliphatic rings. The topological polar surface area (TPSA) is 78.5 Å². The van der Waals surface area contributed by atoms with E-state index in [0.29, 0.717) is 18.7 Å². The summed E-state index contributed by atoms with van der Waals surface area (Å²) in [4.78, 5) is 38.2. The fourth-order valence-electron chi connectivity index (χ4n) is 3.16. The number of nitrogens with zero attached hydrogens (tertiary/aromatic N) is 1. The van der Waals surface area contributed by atoms with Gasteiger partial charge in [0.05, 0.1) is 6.04 Å². The third-order valence-corrected chi connectivity index (χ3v) is 4.68. The highest BCUT2D eigenvalue weighted by Crippen LogP contribution is 2.28. The molecule has 0 aliphatic carbocycles. The molecule has 140 valence electrons. The molecule has 3 amide bonds. The average molecular weight is 365 g/mol. The Morgan fingerprint density at radius 1 is 1.07 bits per heavy atom. The Bertz CT molecular complexity index is 864. The first-order valence-electron chi connectivity index (χ1n) is 9.03. The van der Waals surface area contributed by atoms with Gasteiger partial charge >= 0.3 is 11.8 Å². The van der Waals surface area contributed by atoms with Crippen LogP contribution in [0.15, 0.2) is 48.5 Å². The highest BCUT2D eigenvalue weighted by molar-refractivity contribution is 6.39. The number of hydrogen-bond donors (Lipinski definition) is 2. The van der Waals surface area contributed by atoms with Gasteiger partial charge < -0.3 is 15.5 Å². The van der Waals surface area contributed by atoms with Gasteiger partial charge in [0.15, 0.2) is 0 Å². The summed E-state index contributed by atoms with van der Waals surface area (Å²) in [5.41, 5.74) is 3.13. The van der Waals surface area contributed by atoms with E-state index in [0.717, 1.165) is 23.2 Å². The summed E-state index contributed by atoms with van der Waals surface area (Å²) in [5, 5.41) is 5.30. The molecule has 0 spiro atoms. The van der Waals surface area contributed by atoms with Crippen LogP contribution in [0, 0.1) is 6.92 Å². The second kappa shape index (κ2) is 8.03. The first-order chi connectivity index (χ1) is 13.0. The maximum atomic E-state index is 12.3. The van der Waals surface area contributed by atoms with E-state index >= 15 is 0 Å². The normalized spacial score (nSPS) is 14.7. The van der Waals surface area contributed by atoms with Crippen LogP contribution < -0.4 is 15.5 Å². The number of aryl methyl sites for hydroxylation is 1. The van der Waals surface area contributed by atoms with Crippen molar-refractivity contribution in [2.24, 2.45) is 0 Å². The molecule has 27 heavy (non-hydrogen) atoms. The van der Waals surface area contributed by atoms with Crippen molar-refractivity contribution in [1.82, 2.24) is 5.32 Å². The van der Waals surface area contributed by atoms with Crippen molar-refractivity contribution in [3.8, 4) is 0 Å². The molecule has 1 saturated heterocycles. The molecule has 2 N–H and O–H groups in total. The minimum Gasteiger partial charge on any atom is -0.341 e. The predicted molar refractivity (Wildman–Crippen MR) is 104 cm³/mol. The lowest BCUT2D eigenvalue weighted by Crippen LogP contribution is -2.37. The molecule has 1 heterocycles. The molecule has 6 nitrogen and oxygen atoms in total. The van der Waals surface area contributed by atoms with Crippen LogP contribution in [-0.2, 0) is 14.4 Å². The molecule has 3 rings (SSSR count). The molecular weight excluding hydrogens is 342 g/mol. The SMILES string of the molecule is Cc1ccc(NC(=O)C(=O)NC(C)c2ccccc2)cc1N1CCCC1=O. The van der Waals surface area contributed by atoms with Crippen LogP contribution in [0.1, 0.15) is 36.9 Å². The number of carbonyl (C=O) groups is 3. The Labute approximate surface area is 158 Å². The minimum absolute atomic E-state index is 0.0796. The molecule has 1 aliphatic heterocycles. The van der Waals surface area contributed by atoms with Crippen LogP contribution >= 0.6 is 0 Å². The molecule has 0 radical (unpaired) electrons. The van der Waals surface area contributed by atoms with Crippen molar-refractivity contribution in [1.29, 1.82) is 0 Å². The van der Waals surface area contributed by atoms with E-state index in [1.165, 1.54) is 0 Å². The number of rotatable bonds is 4. The van der Waals surface area contributed by atoms with Crippen molar-refractivity contribution in [3.63, 3.8) is 0 Å². The van der Waals surface area contributed by atoms with Gasteiger partial charge in [-0.1, -0.05) is 36.4 Å². The molecule has 0 saturated carbocycles. The number of amides is 3. The van der Waals surface area contributed by atoms with Gasteiger partial charge in [-0.2, -0.15) is 0 Å². The van der Waals surface area contributed by atoms with Gasteiger partial charge in [-0.3, -0.25) is 14.4 Å². The van der Waals surface area contributed by atoms with Gasteiger partial charge in [-0.25, -0.2) is 0 Å². The summed E-state index contributed by atoms with van der Waals surface area (Å²) in [7, 11) is 0. The van der Waals surface area contributed by atoms with Crippen molar-refractivity contribution in [2.75, 3.05) is 16.8 Å². The molecule has 1 atom stereocenters. The zero-order chi connectivity index (χ0) is 19.4. The summed E-state index contributed by atoms with van der Waals surface area (Å²) in [5.74, 6) is -1.36. The number of carbonyl (C=O) groups excluding carboxylic acids is 3. The Hall–Kier alpha value is -3.15. The van der Waals surface area contributed by atoms with Crippen molar-refractivity contribution < 1.29 is 14.4 Å². The summed E-state index contributed by atoms with van der Waals surface area (Å²) in [6.45, 7) is 4.41.